The van der Waals surface area contributed by atoms with Crippen LogP contribution in [0.15, 0.2) is 47.2 Å². The van der Waals surface area contributed by atoms with Crippen LogP contribution in [-0.4, -0.2) is 4.98 Å². The first kappa shape index (κ1) is 13.1. The molecule has 0 fully saturated rings. The highest BCUT2D eigenvalue weighted by Gasteiger charge is 2.09. The van der Waals surface area contributed by atoms with Gasteiger partial charge >= 0.3 is 0 Å². The fourth-order valence-corrected chi connectivity index (χ4v) is 2.16. The smallest absolute Gasteiger partial charge is 0.109 e. The standard InChI is InChI=1S/C15H17BrN2/c1-3-14(12-7-5-4-6-8-12)18-13-9-11(2)15(16)17-10-13/h4-10,14,18H,3H2,1-2H3. The van der Waals surface area contributed by atoms with Crippen LogP contribution in [0.2, 0.25) is 0 Å². The van der Waals surface area contributed by atoms with E-state index < -0.39 is 0 Å². The van der Waals surface area contributed by atoms with Crippen LogP contribution in [0.3, 0.4) is 0 Å². The molecule has 0 aliphatic rings. The summed E-state index contributed by atoms with van der Waals surface area (Å²) in [6.07, 6.45) is 2.90. The van der Waals surface area contributed by atoms with Crippen LogP contribution >= 0.6 is 15.9 Å². The second-order valence-electron chi connectivity index (χ2n) is 4.35. The van der Waals surface area contributed by atoms with Crippen LogP contribution < -0.4 is 5.32 Å². The van der Waals surface area contributed by atoms with Gasteiger partial charge in [0.1, 0.15) is 4.60 Å². The largest absolute Gasteiger partial charge is 0.377 e. The number of aromatic nitrogens is 1. The summed E-state index contributed by atoms with van der Waals surface area (Å²) in [5.74, 6) is 0. The third kappa shape index (κ3) is 3.10. The summed E-state index contributed by atoms with van der Waals surface area (Å²) in [6.45, 7) is 4.23. The van der Waals surface area contributed by atoms with Crippen molar-refractivity contribution in [2.45, 2.75) is 26.3 Å². The predicted molar refractivity (Wildman–Crippen MR) is 79.8 cm³/mol. The average molecular weight is 305 g/mol. The van der Waals surface area contributed by atoms with E-state index in [2.05, 4.69) is 63.5 Å². The van der Waals surface area contributed by atoms with E-state index in [1.807, 2.05) is 19.2 Å². The van der Waals surface area contributed by atoms with Gasteiger partial charge in [-0.05, 0) is 46.5 Å². The molecule has 1 atom stereocenters. The van der Waals surface area contributed by atoms with Crippen LogP contribution in [0.25, 0.3) is 0 Å². The molecule has 0 saturated carbocycles. The second-order valence-corrected chi connectivity index (χ2v) is 5.10. The van der Waals surface area contributed by atoms with Gasteiger partial charge in [-0.15, -0.1) is 0 Å². The average Bonchev–Trinajstić information content (AvgIpc) is 2.41. The van der Waals surface area contributed by atoms with Gasteiger partial charge in [-0.2, -0.15) is 0 Å². The van der Waals surface area contributed by atoms with E-state index in [0.717, 1.165) is 22.3 Å². The Bertz CT molecular complexity index is 511. The van der Waals surface area contributed by atoms with Crippen molar-refractivity contribution in [2.75, 3.05) is 5.32 Å². The van der Waals surface area contributed by atoms with Gasteiger partial charge in [0, 0.05) is 0 Å². The number of hydrogen-bond acceptors (Lipinski definition) is 2. The maximum Gasteiger partial charge on any atom is 0.109 e. The third-order valence-corrected chi connectivity index (χ3v) is 3.80. The van der Waals surface area contributed by atoms with Crippen LogP contribution in [0.4, 0.5) is 5.69 Å². The van der Waals surface area contributed by atoms with Gasteiger partial charge in [-0.1, -0.05) is 37.3 Å². The summed E-state index contributed by atoms with van der Waals surface area (Å²) in [7, 11) is 0. The Hall–Kier alpha value is -1.35. The Labute approximate surface area is 117 Å². The van der Waals surface area contributed by atoms with Gasteiger partial charge in [-0.25, -0.2) is 4.98 Å². The number of nitrogens with zero attached hydrogens (tertiary/aromatic N) is 1. The van der Waals surface area contributed by atoms with Crippen molar-refractivity contribution in [3.05, 3.63) is 58.3 Å². The normalized spacial score (nSPS) is 12.2. The second kappa shape index (κ2) is 6.01. The molecule has 1 aromatic heterocycles. The van der Waals surface area contributed by atoms with Gasteiger partial charge in [0.25, 0.3) is 0 Å². The third-order valence-electron chi connectivity index (χ3n) is 2.97. The molecule has 0 radical (unpaired) electrons. The highest BCUT2D eigenvalue weighted by atomic mass is 79.9. The number of nitrogens with one attached hydrogen (secondary N) is 1. The lowest BCUT2D eigenvalue weighted by atomic mass is 10.0. The van der Waals surface area contributed by atoms with Gasteiger partial charge in [0.15, 0.2) is 0 Å². The Balaban J connectivity index is 2.18. The minimum Gasteiger partial charge on any atom is -0.377 e. The fourth-order valence-electron chi connectivity index (χ4n) is 1.94. The molecule has 0 saturated heterocycles. The van der Waals surface area contributed by atoms with Gasteiger partial charge < -0.3 is 5.32 Å². The summed E-state index contributed by atoms with van der Waals surface area (Å²) in [4.78, 5) is 4.31. The molecule has 0 bridgehead atoms. The fraction of sp³-hybridized carbons (Fsp3) is 0.267. The Morgan fingerprint density at radius 3 is 2.61 bits per heavy atom. The molecule has 1 heterocycles. The Kier molecular flexibility index (Phi) is 4.37. The number of benzene rings is 1. The highest BCUT2D eigenvalue weighted by Crippen LogP contribution is 2.24. The molecule has 1 N–H and O–H groups in total. The number of rotatable bonds is 4. The van der Waals surface area contributed by atoms with Crippen LogP contribution in [0.1, 0.15) is 30.5 Å². The van der Waals surface area contributed by atoms with E-state index in [-0.39, 0.29) is 0 Å². The van der Waals surface area contributed by atoms with E-state index >= 15 is 0 Å². The van der Waals surface area contributed by atoms with Gasteiger partial charge in [0.2, 0.25) is 0 Å². The quantitative estimate of drug-likeness (QED) is 0.827. The summed E-state index contributed by atoms with van der Waals surface area (Å²) in [6, 6.07) is 12.9. The van der Waals surface area contributed by atoms with Crippen LogP contribution in [0, 0.1) is 6.92 Å². The zero-order valence-electron chi connectivity index (χ0n) is 10.7. The molecular formula is C15H17BrN2. The van der Waals surface area contributed by atoms with Crippen molar-refractivity contribution in [2.24, 2.45) is 0 Å². The first-order valence-electron chi connectivity index (χ1n) is 6.14. The maximum atomic E-state index is 4.31. The summed E-state index contributed by atoms with van der Waals surface area (Å²) < 4.78 is 0.904. The van der Waals surface area contributed by atoms with E-state index in [1.54, 1.807) is 0 Å². The Morgan fingerprint density at radius 2 is 2.00 bits per heavy atom. The number of pyridine rings is 1. The first-order valence-corrected chi connectivity index (χ1v) is 6.93. The van der Waals surface area contributed by atoms with E-state index in [4.69, 9.17) is 0 Å². The molecule has 1 unspecified atom stereocenters. The monoisotopic (exact) mass is 304 g/mol. The highest BCUT2D eigenvalue weighted by molar-refractivity contribution is 9.10. The minimum atomic E-state index is 0.327. The molecular weight excluding hydrogens is 288 g/mol. The molecule has 2 nitrogen and oxygen atoms in total. The molecule has 3 heteroatoms. The van der Waals surface area contributed by atoms with Crippen molar-refractivity contribution in [1.82, 2.24) is 4.98 Å². The number of hydrogen-bond donors (Lipinski definition) is 1. The van der Waals surface area contributed by atoms with E-state index in [9.17, 15) is 0 Å². The lowest BCUT2D eigenvalue weighted by Crippen LogP contribution is -2.09. The molecule has 18 heavy (non-hydrogen) atoms. The van der Waals surface area contributed by atoms with Crippen LogP contribution in [-0.2, 0) is 0 Å². The Morgan fingerprint density at radius 1 is 1.28 bits per heavy atom. The van der Waals surface area contributed by atoms with Crippen molar-refractivity contribution < 1.29 is 0 Å². The van der Waals surface area contributed by atoms with Crippen LogP contribution in [0.5, 0.6) is 0 Å². The van der Waals surface area contributed by atoms with Gasteiger partial charge in [-0.3, -0.25) is 0 Å². The summed E-state index contributed by atoms with van der Waals surface area (Å²) in [5.41, 5.74) is 3.51. The minimum absolute atomic E-state index is 0.327. The molecule has 0 spiro atoms. The van der Waals surface area contributed by atoms with Crippen molar-refractivity contribution >= 4 is 21.6 Å². The molecule has 0 aliphatic heterocycles. The first-order chi connectivity index (χ1) is 8.70. The zero-order chi connectivity index (χ0) is 13.0. The SMILES string of the molecule is CCC(Nc1cnc(Br)c(C)c1)c1ccccc1. The summed E-state index contributed by atoms with van der Waals surface area (Å²) >= 11 is 3.42. The lowest BCUT2D eigenvalue weighted by Gasteiger charge is -2.19. The van der Waals surface area contributed by atoms with Gasteiger partial charge in [0.05, 0.1) is 17.9 Å². The number of anilines is 1. The zero-order valence-corrected chi connectivity index (χ0v) is 12.2. The topological polar surface area (TPSA) is 24.9 Å². The van der Waals surface area contributed by atoms with Crippen molar-refractivity contribution in [1.29, 1.82) is 0 Å². The van der Waals surface area contributed by atoms with E-state index in [0.29, 0.717) is 6.04 Å². The van der Waals surface area contributed by atoms with Crippen molar-refractivity contribution in [3.8, 4) is 0 Å². The van der Waals surface area contributed by atoms with E-state index in [1.165, 1.54) is 5.56 Å². The number of halogens is 1. The lowest BCUT2D eigenvalue weighted by molar-refractivity contribution is 0.748. The molecule has 2 aromatic rings. The molecule has 1 aromatic carbocycles. The molecule has 94 valence electrons. The maximum absolute atomic E-state index is 4.31. The molecule has 0 amide bonds. The predicted octanol–water partition coefficient (Wildman–Crippen LogP) is 4.72. The molecule has 0 aliphatic carbocycles. The summed E-state index contributed by atoms with van der Waals surface area (Å²) in [5, 5.41) is 3.53. The number of aryl methyl sites for hydroxylation is 1. The molecule has 2 rings (SSSR count). The van der Waals surface area contributed by atoms with Crippen molar-refractivity contribution in [3.63, 3.8) is 0 Å².